The molecular weight excluding hydrogens is 1180 g/mol. The largest absolute Gasteiger partial charge is 0.457 e. The first-order valence-electron chi connectivity index (χ1n) is 29.3. The summed E-state index contributed by atoms with van der Waals surface area (Å²) in [5.41, 5.74) is 3.82. The number of ether oxygens (including phenoxy) is 4. The number of nitrogens with zero attached hydrogens (tertiary/aromatic N) is 2. The third kappa shape index (κ3) is 9.74. The summed E-state index contributed by atoms with van der Waals surface area (Å²) in [5.74, 6) is -2.78. The van der Waals surface area contributed by atoms with Gasteiger partial charge in [-0.05, 0) is 143 Å². The Kier molecular flexibility index (Phi) is 14.4. The first-order chi connectivity index (χ1) is 42.9. The van der Waals surface area contributed by atoms with Crippen molar-refractivity contribution in [3.8, 4) is 46.0 Å². The maximum Gasteiger partial charge on any atom is 0.294 e. The smallest absolute Gasteiger partial charge is 0.294 e. The lowest BCUT2D eigenvalue weighted by molar-refractivity contribution is 0.0877. The number of rotatable bonds is 16. The number of imide groups is 2. The van der Waals surface area contributed by atoms with E-state index in [4.69, 9.17) is 18.9 Å². The third-order valence-electron chi connectivity index (χ3n) is 16.7. The Morgan fingerprint density at radius 1 is 0.311 bits per heavy atom. The van der Waals surface area contributed by atoms with Crippen LogP contribution in [0.15, 0.2) is 180 Å². The Labute approximate surface area is 518 Å². The molecule has 0 aromatic heterocycles. The number of carbonyl (C=O) groups is 4. The van der Waals surface area contributed by atoms with Crippen molar-refractivity contribution < 1.29 is 64.1 Å². The van der Waals surface area contributed by atoms with Crippen LogP contribution >= 0.6 is 0 Å². The molecule has 2 aliphatic rings. The second kappa shape index (κ2) is 22.0. The van der Waals surface area contributed by atoms with Crippen molar-refractivity contribution in [1.82, 2.24) is 0 Å². The number of amides is 4. The van der Waals surface area contributed by atoms with Gasteiger partial charge in [0.2, 0.25) is 0 Å². The van der Waals surface area contributed by atoms with Crippen LogP contribution in [0.25, 0.3) is 43.1 Å². The molecule has 0 fully saturated rings. The summed E-state index contributed by atoms with van der Waals surface area (Å²) in [4.78, 5) is 66.3. The average Bonchev–Trinajstić information content (AvgIpc) is 0.673. The van der Waals surface area contributed by atoms with Gasteiger partial charge in [-0.25, -0.2) is 9.80 Å². The molecule has 11 aromatic carbocycles. The zero-order valence-electron chi connectivity index (χ0n) is 50.0. The first kappa shape index (κ1) is 59.0. The van der Waals surface area contributed by atoms with Gasteiger partial charge in [0.05, 0.1) is 43.4 Å². The van der Waals surface area contributed by atoms with Crippen molar-refractivity contribution in [3.63, 3.8) is 0 Å². The van der Waals surface area contributed by atoms with Crippen LogP contribution in [0.3, 0.4) is 0 Å². The lowest BCUT2D eigenvalue weighted by Crippen LogP contribution is -2.42. The van der Waals surface area contributed by atoms with E-state index < -0.39 is 53.7 Å². The SMILES string of the molecule is CC(C)c1cccc(C(C)C)c1N1C(=O)c2cc(Oc3ccccc3)c3c4c(Oc5ccccc5)cc5c6c(cc(Oc7ccc(S(=O)(=O)O)cc7)c(c7c(Oc8ccc(S(=O)(=O)O)cc8)cc(c2c37)C1=O)c64)C(=O)N(c1c(C(C)C)cccc1C(C)C)C5=O. The molecule has 452 valence electrons. The Balaban J connectivity index is 1.26. The number of anilines is 2. The van der Waals surface area contributed by atoms with E-state index in [2.05, 4.69) is 0 Å². The predicted molar refractivity (Wildman–Crippen MR) is 345 cm³/mol. The molecule has 0 radical (unpaired) electrons. The molecule has 0 saturated heterocycles. The molecule has 0 atom stereocenters. The Morgan fingerprint density at radius 2 is 0.556 bits per heavy atom. The molecule has 13 rings (SSSR count). The third-order valence-corrected chi connectivity index (χ3v) is 18.4. The molecule has 2 aliphatic heterocycles. The van der Waals surface area contributed by atoms with Crippen molar-refractivity contribution in [3.05, 3.63) is 214 Å². The van der Waals surface area contributed by atoms with Crippen LogP contribution in [-0.4, -0.2) is 49.6 Å². The molecule has 11 aromatic rings. The van der Waals surface area contributed by atoms with E-state index >= 15 is 19.2 Å². The number of hydrogen-bond acceptors (Lipinski definition) is 12. The highest BCUT2D eigenvalue weighted by molar-refractivity contribution is 7.86. The predicted octanol–water partition coefficient (Wildman–Crippen LogP) is 17.5. The van der Waals surface area contributed by atoms with Gasteiger partial charge < -0.3 is 18.9 Å². The van der Waals surface area contributed by atoms with Gasteiger partial charge in [0, 0.05) is 43.1 Å². The van der Waals surface area contributed by atoms with Crippen molar-refractivity contribution in [1.29, 1.82) is 0 Å². The minimum Gasteiger partial charge on any atom is -0.457 e. The average molecular weight is 1240 g/mol. The molecule has 18 heteroatoms. The summed E-state index contributed by atoms with van der Waals surface area (Å²) in [5, 5.41) is 1.47. The van der Waals surface area contributed by atoms with Crippen molar-refractivity contribution in [2.45, 2.75) is 88.9 Å². The fourth-order valence-electron chi connectivity index (χ4n) is 12.6. The summed E-state index contributed by atoms with van der Waals surface area (Å²) >= 11 is 0. The minimum absolute atomic E-state index is 0.00213. The van der Waals surface area contributed by atoms with E-state index in [9.17, 15) is 25.9 Å². The Bertz CT molecular complexity index is 4710. The van der Waals surface area contributed by atoms with Gasteiger partial charge in [-0.2, -0.15) is 16.8 Å². The van der Waals surface area contributed by atoms with Gasteiger partial charge in [0.15, 0.2) is 0 Å². The van der Waals surface area contributed by atoms with Crippen LogP contribution in [0.4, 0.5) is 11.4 Å². The topological polar surface area (TPSA) is 220 Å². The number of para-hydroxylation sites is 4. The highest BCUT2D eigenvalue weighted by atomic mass is 32.2. The van der Waals surface area contributed by atoms with E-state index in [0.717, 1.165) is 46.5 Å². The summed E-state index contributed by atoms with van der Waals surface area (Å²) in [6.45, 7) is 15.8. The number of hydrogen-bond donors (Lipinski definition) is 2. The number of benzene rings is 11. The van der Waals surface area contributed by atoms with E-state index in [0.29, 0.717) is 22.9 Å². The van der Waals surface area contributed by atoms with Gasteiger partial charge in [-0.3, -0.25) is 28.3 Å². The highest BCUT2D eigenvalue weighted by Gasteiger charge is 2.44. The van der Waals surface area contributed by atoms with Crippen LogP contribution in [-0.2, 0) is 20.2 Å². The molecule has 0 aliphatic carbocycles. The highest BCUT2D eigenvalue weighted by Crippen LogP contribution is 2.59. The number of carbonyl (C=O) groups excluding carboxylic acids is 4. The van der Waals surface area contributed by atoms with Crippen LogP contribution in [0, 0.1) is 0 Å². The fourth-order valence-corrected chi connectivity index (χ4v) is 13.6. The Hall–Kier alpha value is -9.98. The second-order valence-electron chi connectivity index (χ2n) is 23.7. The Morgan fingerprint density at radius 3 is 0.789 bits per heavy atom. The van der Waals surface area contributed by atoms with E-state index in [1.165, 1.54) is 46.2 Å². The summed E-state index contributed by atoms with van der Waals surface area (Å²) < 4.78 is 98.3. The molecule has 2 N–H and O–H groups in total. The molecule has 0 bridgehead atoms. The molecule has 0 spiro atoms. The summed E-state index contributed by atoms with van der Waals surface area (Å²) in [6, 6.07) is 45.0. The molecular formula is C72H58N2O14S2. The van der Waals surface area contributed by atoms with Gasteiger partial charge in [-0.15, -0.1) is 0 Å². The van der Waals surface area contributed by atoms with Crippen molar-refractivity contribution in [2.24, 2.45) is 0 Å². The zero-order valence-corrected chi connectivity index (χ0v) is 51.6. The van der Waals surface area contributed by atoms with Crippen LogP contribution in [0.2, 0.25) is 0 Å². The maximum absolute atomic E-state index is 16.2. The standard InChI is InChI=1S/C72H58N2O14S2/c1-37(2)47-21-15-22-48(38(3)4)67(47)73-69(75)51-33-55(85-41-17-11-9-12-18-41)61-62-56(86-42-19-13-10-14-20-42)34-52-60-54(72(78)74(70(52)76)68-49(39(5)6)23-16-24-50(68)40(7)8)36-58(88-44-27-31-46(32-28-44)90(82,83)84)64(66(60)62)63-57(35-53(71(73)77)59(51)65(61)63)87-43-25-29-45(30-26-43)89(79,80)81/h9-40H,1-8H3,(H,79,80,81)(H,82,83,84). The summed E-state index contributed by atoms with van der Waals surface area (Å²) in [6.07, 6.45) is 0. The minimum atomic E-state index is -4.70. The quantitative estimate of drug-likeness (QED) is 0.0398. The second-order valence-corrected chi connectivity index (χ2v) is 26.5. The molecule has 4 amide bonds. The van der Waals surface area contributed by atoms with Crippen LogP contribution < -0.4 is 28.7 Å². The molecule has 0 saturated carbocycles. The molecule has 90 heavy (non-hydrogen) atoms. The van der Waals surface area contributed by atoms with Crippen LogP contribution in [0.5, 0.6) is 46.0 Å². The lowest BCUT2D eigenvalue weighted by Gasteiger charge is -2.35. The molecule has 16 nitrogen and oxygen atoms in total. The van der Waals surface area contributed by atoms with Crippen LogP contribution in [0.1, 0.15) is 143 Å². The van der Waals surface area contributed by atoms with E-state index in [1.54, 1.807) is 60.7 Å². The molecule has 0 unspecified atom stereocenters. The zero-order chi connectivity index (χ0) is 63.6. The van der Waals surface area contributed by atoms with E-state index in [1.807, 2.05) is 104 Å². The van der Waals surface area contributed by atoms with Crippen molar-refractivity contribution >= 4 is 98.3 Å². The van der Waals surface area contributed by atoms with Gasteiger partial charge in [0.1, 0.15) is 46.0 Å². The molecule has 2 heterocycles. The lowest BCUT2D eigenvalue weighted by atomic mass is 9.80. The fraction of sp³-hybridized carbons (Fsp3) is 0.167. The first-order valence-corrected chi connectivity index (χ1v) is 32.1. The normalized spacial score (nSPS) is 13.6. The van der Waals surface area contributed by atoms with E-state index in [-0.39, 0.29) is 124 Å². The monoisotopic (exact) mass is 1240 g/mol. The van der Waals surface area contributed by atoms with Crippen molar-refractivity contribution in [2.75, 3.05) is 9.80 Å². The summed E-state index contributed by atoms with van der Waals surface area (Å²) in [7, 11) is -9.40. The van der Waals surface area contributed by atoms with Gasteiger partial charge >= 0.3 is 0 Å². The maximum atomic E-state index is 16.2. The van der Waals surface area contributed by atoms with Gasteiger partial charge in [0.25, 0.3) is 43.9 Å². The number of fused-ring (bicyclic) bond motifs is 2. The van der Waals surface area contributed by atoms with Gasteiger partial charge in [-0.1, -0.05) is 128 Å².